The van der Waals surface area contributed by atoms with Crippen LogP contribution < -0.4 is 10.2 Å². The first-order chi connectivity index (χ1) is 13.1. The second-order valence-corrected chi connectivity index (χ2v) is 7.07. The van der Waals surface area contributed by atoms with Gasteiger partial charge in [0, 0.05) is 31.4 Å². The lowest BCUT2D eigenvalue weighted by Gasteiger charge is -2.31. The topological polar surface area (TPSA) is 61.0 Å². The van der Waals surface area contributed by atoms with Crippen molar-refractivity contribution >= 4 is 11.6 Å². The third-order valence-corrected chi connectivity index (χ3v) is 5.13. The van der Waals surface area contributed by atoms with Crippen LogP contribution in [0.4, 0.5) is 5.69 Å². The summed E-state index contributed by atoms with van der Waals surface area (Å²) >= 11 is 0. The summed E-state index contributed by atoms with van der Waals surface area (Å²) in [4.78, 5) is 14.1. The molecule has 0 unspecified atom stereocenters. The molecule has 138 valence electrons. The predicted octanol–water partition coefficient (Wildman–Crippen LogP) is 3.70. The first-order valence-electron chi connectivity index (χ1n) is 9.35. The highest BCUT2D eigenvalue weighted by atomic mass is 16.1. The van der Waals surface area contributed by atoms with Gasteiger partial charge in [0.15, 0.2) is 0 Å². The van der Waals surface area contributed by atoms with Gasteiger partial charge in [-0.1, -0.05) is 18.2 Å². The Morgan fingerprint density at radius 1 is 1.19 bits per heavy atom. The first kappa shape index (κ1) is 17.3. The highest BCUT2D eigenvalue weighted by molar-refractivity contribution is 5.93. The van der Waals surface area contributed by atoms with Gasteiger partial charge in [0.25, 0.3) is 5.91 Å². The summed E-state index contributed by atoms with van der Waals surface area (Å²) in [7, 11) is 1.65. The number of benzene rings is 2. The van der Waals surface area contributed by atoms with Crippen molar-refractivity contribution in [3.05, 3.63) is 70.9 Å². The van der Waals surface area contributed by atoms with Gasteiger partial charge in [0.2, 0.25) is 0 Å². The van der Waals surface area contributed by atoms with E-state index in [0.29, 0.717) is 5.56 Å². The van der Waals surface area contributed by atoms with E-state index in [-0.39, 0.29) is 5.91 Å². The molecule has 5 nitrogen and oxygen atoms in total. The number of carbonyl (C=O) groups excluding carboxylic acids is 1. The average molecular weight is 360 g/mol. The number of rotatable bonds is 4. The number of amides is 1. The van der Waals surface area contributed by atoms with Crippen LogP contribution in [0.25, 0.3) is 11.3 Å². The Morgan fingerprint density at radius 2 is 2.00 bits per heavy atom. The van der Waals surface area contributed by atoms with E-state index in [1.165, 1.54) is 22.4 Å². The maximum Gasteiger partial charge on any atom is 0.251 e. The number of hydrogen-bond acceptors (Lipinski definition) is 3. The van der Waals surface area contributed by atoms with E-state index < -0.39 is 0 Å². The normalized spacial score (nSPS) is 13.3. The van der Waals surface area contributed by atoms with Crippen molar-refractivity contribution in [2.75, 3.05) is 18.5 Å². The minimum absolute atomic E-state index is 0.0496. The molecule has 4 rings (SSSR count). The van der Waals surface area contributed by atoms with Crippen LogP contribution >= 0.6 is 0 Å². The molecule has 0 saturated carbocycles. The van der Waals surface area contributed by atoms with Crippen LogP contribution in [0.3, 0.4) is 0 Å². The SMILES string of the molecule is CNC(=O)c1ccc(CN2CCCc3cc(-c4cc(C)n[nH]4)ccc32)cc1. The van der Waals surface area contributed by atoms with E-state index >= 15 is 0 Å². The molecule has 0 saturated heterocycles. The number of aromatic nitrogens is 2. The Kier molecular flexibility index (Phi) is 4.67. The highest BCUT2D eigenvalue weighted by Crippen LogP contribution is 2.32. The summed E-state index contributed by atoms with van der Waals surface area (Å²) in [5.74, 6) is -0.0496. The van der Waals surface area contributed by atoms with Crippen molar-refractivity contribution in [2.45, 2.75) is 26.3 Å². The fourth-order valence-electron chi connectivity index (χ4n) is 3.70. The van der Waals surface area contributed by atoms with Gasteiger partial charge in [0.1, 0.15) is 0 Å². The molecule has 0 fully saturated rings. The molecule has 0 bridgehead atoms. The van der Waals surface area contributed by atoms with Crippen LogP contribution in [0.2, 0.25) is 0 Å². The number of aromatic amines is 1. The second-order valence-electron chi connectivity index (χ2n) is 7.07. The Labute approximate surface area is 159 Å². The minimum atomic E-state index is -0.0496. The number of H-pyrrole nitrogens is 1. The zero-order valence-electron chi connectivity index (χ0n) is 15.7. The van der Waals surface area contributed by atoms with Crippen LogP contribution in [0.15, 0.2) is 48.5 Å². The first-order valence-corrected chi connectivity index (χ1v) is 9.35. The summed E-state index contributed by atoms with van der Waals surface area (Å²) in [6.45, 7) is 3.89. The van der Waals surface area contributed by atoms with Gasteiger partial charge in [-0.05, 0) is 66.8 Å². The van der Waals surface area contributed by atoms with Gasteiger partial charge >= 0.3 is 0 Å². The fourth-order valence-corrected chi connectivity index (χ4v) is 3.70. The number of hydrogen-bond donors (Lipinski definition) is 2. The molecule has 1 amide bonds. The molecule has 0 radical (unpaired) electrons. The number of fused-ring (bicyclic) bond motifs is 1. The maximum atomic E-state index is 11.7. The van der Waals surface area contributed by atoms with Crippen LogP contribution in [0.5, 0.6) is 0 Å². The molecule has 0 aliphatic carbocycles. The van der Waals surface area contributed by atoms with Gasteiger partial charge in [0.05, 0.1) is 11.4 Å². The van der Waals surface area contributed by atoms with Crippen LogP contribution in [0, 0.1) is 6.92 Å². The van der Waals surface area contributed by atoms with Crippen LogP contribution in [-0.4, -0.2) is 29.7 Å². The van der Waals surface area contributed by atoms with Gasteiger partial charge in [-0.15, -0.1) is 0 Å². The van der Waals surface area contributed by atoms with E-state index in [0.717, 1.165) is 37.3 Å². The number of anilines is 1. The summed E-state index contributed by atoms with van der Waals surface area (Å²) in [6.07, 6.45) is 2.25. The average Bonchev–Trinajstić information content (AvgIpc) is 3.14. The molecule has 27 heavy (non-hydrogen) atoms. The minimum Gasteiger partial charge on any atom is -0.367 e. The summed E-state index contributed by atoms with van der Waals surface area (Å²) in [5, 5.41) is 10.00. The Bertz CT molecular complexity index is 959. The number of nitrogens with one attached hydrogen (secondary N) is 2. The third-order valence-electron chi connectivity index (χ3n) is 5.13. The van der Waals surface area contributed by atoms with Crippen molar-refractivity contribution in [2.24, 2.45) is 0 Å². The fraction of sp³-hybridized carbons (Fsp3) is 0.273. The van der Waals surface area contributed by atoms with Gasteiger partial charge in [-0.3, -0.25) is 9.89 Å². The quantitative estimate of drug-likeness (QED) is 0.746. The molecular weight excluding hydrogens is 336 g/mol. The van der Waals surface area contributed by atoms with E-state index in [4.69, 9.17) is 0 Å². The van der Waals surface area contributed by atoms with Crippen molar-refractivity contribution in [3.8, 4) is 11.3 Å². The second kappa shape index (κ2) is 7.27. The van der Waals surface area contributed by atoms with Crippen LogP contribution in [-0.2, 0) is 13.0 Å². The molecule has 1 aliphatic rings. The van der Waals surface area contributed by atoms with E-state index in [1.807, 2.05) is 31.2 Å². The molecule has 5 heteroatoms. The lowest BCUT2D eigenvalue weighted by atomic mass is 9.97. The Morgan fingerprint density at radius 3 is 2.70 bits per heavy atom. The molecule has 3 aromatic rings. The van der Waals surface area contributed by atoms with Gasteiger partial charge in [-0.2, -0.15) is 5.10 Å². The highest BCUT2D eigenvalue weighted by Gasteiger charge is 2.18. The predicted molar refractivity (Wildman–Crippen MR) is 108 cm³/mol. The summed E-state index contributed by atoms with van der Waals surface area (Å²) in [6, 6.07) is 16.6. The number of aryl methyl sites for hydroxylation is 2. The van der Waals surface area contributed by atoms with Crippen molar-refractivity contribution < 1.29 is 4.79 Å². The third kappa shape index (κ3) is 3.58. The van der Waals surface area contributed by atoms with E-state index in [1.54, 1.807) is 7.05 Å². The smallest absolute Gasteiger partial charge is 0.251 e. The van der Waals surface area contributed by atoms with Crippen molar-refractivity contribution in [1.82, 2.24) is 15.5 Å². The largest absolute Gasteiger partial charge is 0.367 e. The molecule has 2 heterocycles. The zero-order chi connectivity index (χ0) is 18.8. The zero-order valence-corrected chi connectivity index (χ0v) is 15.7. The van der Waals surface area contributed by atoms with E-state index in [2.05, 4.69) is 44.7 Å². The lowest BCUT2D eigenvalue weighted by Crippen LogP contribution is -2.28. The molecule has 0 atom stereocenters. The molecular formula is C22H24N4O. The van der Waals surface area contributed by atoms with Gasteiger partial charge in [-0.25, -0.2) is 0 Å². The molecule has 1 aliphatic heterocycles. The standard InChI is InChI=1S/C22H24N4O/c1-15-12-20(25-24-15)18-9-10-21-19(13-18)4-3-11-26(21)14-16-5-7-17(8-6-16)22(27)23-2/h5-10,12-13H,3-4,11,14H2,1-2H3,(H,23,27)(H,24,25). The number of carbonyl (C=O) groups is 1. The van der Waals surface area contributed by atoms with Crippen molar-refractivity contribution in [1.29, 1.82) is 0 Å². The summed E-state index contributed by atoms with van der Waals surface area (Å²) < 4.78 is 0. The monoisotopic (exact) mass is 360 g/mol. The van der Waals surface area contributed by atoms with Gasteiger partial charge < -0.3 is 10.2 Å². The Hall–Kier alpha value is -3.08. The van der Waals surface area contributed by atoms with Crippen molar-refractivity contribution in [3.63, 3.8) is 0 Å². The van der Waals surface area contributed by atoms with Crippen LogP contribution in [0.1, 0.15) is 33.6 Å². The Balaban J connectivity index is 1.55. The molecule has 0 spiro atoms. The van der Waals surface area contributed by atoms with E-state index in [9.17, 15) is 4.79 Å². The molecule has 2 aromatic carbocycles. The molecule has 1 aromatic heterocycles. The summed E-state index contributed by atoms with van der Waals surface area (Å²) in [5.41, 5.74) is 7.85. The number of nitrogens with zero attached hydrogens (tertiary/aromatic N) is 2. The maximum absolute atomic E-state index is 11.7. The lowest BCUT2D eigenvalue weighted by molar-refractivity contribution is 0.0963. The molecule has 2 N–H and O–H groups in total.